The number of nitrogens with one attached hydrogen (secondary N) is 1. The van der Waals surface area contributed by atoms with Gasteiger partial charge in [0.25, 0.3) is 0 Å². The predicted octanol–water partition coefficient (Wildman–Crippen LogP) is 3.27. The Hall–Kier alpha value is -3.91. The zero-order valence-corrected chi connectivity index (χ0v) is 17.5. The van der Waals surface area contributed by atoms with Crippen molar-refractivity contribution in [3.05, 3.63) is 71.9 Å². The van der Waals surface area contributed by atoms with Crippen LogP contribution in [0.25, 0.3) is 21.8 Å². The van der Waals surface area contributed by atoms with Gasteiger partial charge in [-0.2, -0.15) is 0 Å². The quantitative estimate of drug-likeness (QED) is 0.366. The van der Waals surface area contributed by atoms with Gasteiger partial charge < -0.3 is 24.8 Å². The Morgan fingerprint density at radius 1 is 1.09 bits per heavy atom. The molecule has 0 saturated heterocycles. The zero-order chi connectivity index (χ0) is 22.7. The molecule has 0 bridgehead atoms. The summed E-state index contributed by atoms with van der Waals surface area (Å²) in [5.74, 6) is -1.64. The first-order chi connectivity index (χ1) is 15.5. The maximum Gasteiger partial charge on any atom is 0.354 e. The monoisotopic (exact) mass is 433 g/mol. The number of nitrogens with zero attached hydrogens (tertiary/aromatic N) is 2. The number of aromatic carboxylic acids is 1. The zero-order valence-electron chi connectivity index (χ0n) is 17.5. The summed E-state index contributed by atoms with van der Waals surface area (Å²) in [4.78, 5) is 28.3. The lowest BCUT2D eigenvalue weighted by Gasteiger charge is -2.18. The van der Waals surface area contributed by atoms with Crippen molar-refractivity contribution in [3.63, 3.8) is 0 Å². The molecule has 2 aromatic heterocycles. The molecule has 4 aromatic rings. The number of aliphatic hydroxyl groups excluding tert-OH is 1. The molecule has 1 atom stereocenters. The summed E-state index contributed by atoms with van der Waals surface area (Å²) in [5, 5.41) is 23.9. The summed E-state index contributed by atoms with van der Waals surface area (Å²) < 4.78 is 7.06. The number of esters is 1. The average molecular weight is 433 g/mol. The predicted molar refractivity (Wildman–Crippen MR) is 121 cm³/mol. The van der Waals surface area contributed by atoms with E-state index in [2.05, 4.69) is 10.3 Å². The van der Waals surface area contributed by atoms with Crippen LogP contribution in [0.3, 0.4) is 0 Å². The first kappa shape index (κ1) is 21.3. The molecule has 2 aromatic carbocycles. The Labute approximate surface area is 184 Å². The van der Waals surface area contributed by atoms with Crippen LogP contribution >= 0.6 is 0 Å². The molecule has 164 valence electrons. The highest BCUT2D eigenvalue weighted by Crippen LogP contribution is 2.34. The van der Waals surface area contributed by atoms with Crippen molar-refractivity contribution in [1.82, 2.24) is 9.55 Å². The summed E-state index contributed by atoms with van der Waals surface area (Å²) in [5.41, 5.74) is 2.42. The highest BCUT2D eigenvalue weighted by molar-refractivity contribution is 6.13. The van der Waals surface area contributed by atoms with Crippen LogP contribution < -0.4 is 5.32 Å². The second kappa shape index (κ2) is 9.07. The van der Waals surface area contributed by atoms with Crippen LogP contribution in [0.5, 0.6) is 0 Å². The van der Waals surface area contributed by atoms with Crippen LogP contribution in [0.1, 0.15) is 23.0 Å². The number of hydrogen-bond acceptors (Lipinski definition) is 6. The topological polar surface area (TPSA) is 114 Å². The molecule has 0 aliphatic rings. The van der Waals surface area contributed by atoms with Crippen molar-refractivity contribution in [1.29, 1.82) is 0 Å². The van der Waals surface area contributed by atoms with E-state index in [1.165, 1.54) is 6.07 Å². The summed E-state index contributed by atoms with van der Waals surface area (Å²) >= 11 is 0. The number of carboxylic acid groups (broad SMARTS) is 1. The number of fused-ring (bicyclic) bond motifs is 3. The van der Waals surface area contributed by atoms with Gasteiger partial charge in [0.1, 0.15) is 6.04 Å². The van der Waals surface area contributed by atoms with Crippen LogP contribution in [0, 0.1) is 0 Å². The smallest absolute Gasteiger partial charge is 0.354 e. The van der Waals surface area contributed by atoms with E-state index in [9.17, 15) is 19.8 Å². The molecule has 2 heterocycles. The van der Waals surface area contributed by atoms with E-state index in [4.69, 9.17) is 4.74 Å². The van der Waals surface area contributed by atoms with Gasteiger partial charge >= 0.3 is 11.9 Å². The second-order valence-corrected chi connectivity index (χ2v) is 7.28. The third-order valence-corrected chi connectivity index (χ3v) is 5.21. The average Bonchev–Trinajstić information content (AvgIpc) is 3.12. The van der Waals surface area contributed by atoms with Gasteiger partial charge in [0.15, 0.2) is 11.5 Å². The minimum absolute atomic E-state index is 0.156. The normalized spacial score (nSPS) is 12.1. The number of para-hydroxylation sites is 1. The maximum absolute atomic E-state index is 12.3. The van der Waals surface area contributed by atoms with Crippen LogP contribution in [0.15, 0.2) is 60.7 Å². The molecule has 0 aliphatic carbocycles. The number of aliphatic hydroxyl groups is 1. The van der Waals surface area contributed by atoms with Crippen molar-refractivity contribution in [2.24, 2.45) is 0 Å². The van der Waals surface area contributed by atoms with Gasteiger partial charge in [-0.15, -0.1) is 0 Å². The maximum atomic E-state index is 12.3. The van der Waals surface area contributed by atoms with E-state index in [0.29, 0.717) is 17.4 Å². The van der Waals surface area contributed by atoms with E-state index in [-0.39, 0.29) is 18.1 Å². The minimum Gasteiger partial charge on any atom is -0.477 e. The molecule has 0 fully saturated rings. The molecule has 0 radical (unpaired) electrons. The van der Waals surface area contributed by atoms with Gasteiger partial charge in [0, 0.05) is 22.8 Å². The van der Waals surface area contributed by atoms with Gasteiger partial charge in [-0.25, -0.2) is 14.6 Å². The lowest BCUT2D eigenvalue weighted by atomic mass is 10.1. The fraction of sp³-hybridized carbons (Fsp3) is 0.208. The number of aromatic nitrogens is 2. The summed E-state index contributed by atoms with van der Waals surface area (Å²) in [7, 11) is 0. The molecule has 8 heteroatoms. The third-order valence-electron chi connectivity index (χ3n) is 5.21. The molecule has 0 saturated carbocycles. The highest BCUT2D eigenvalue weighted by Gasteiger charge is 2.24. The van der Waals surface area contributed by atoms with Crippen LogP contribution in [0.4, 0.5) is 5.82 Å². The molecule has 0 amide bonds. The number of carbonyl (C=O) groups is 2. The molecular weight excluding hydrogens is 410 g/mol. The van der Waals surface area contributed by atoms with Gasteiger partial charge in [0.05, 0.1) is 18.7 Å². The Kier molecular flexibility index (Phi) is 6.04. The standard InChI is InChI=1S/C24H23N3O5/c1-2-32-24(31)19(14-28)26-22-21-17(12-18(25-22)23(29)30)16-10-6-7-11-20(16)27(21)13-15-8-4-3-5-9-15/h3-12,19,28H,2,13-14H2,1H3,(H,25,26)(H,29,30)/t19-/m0/s1. The second-order valence-electron chi connectivity index (χ2n) is 7.28. The molecule has 8 nitrogen and oxygen atoms in total. The van der Waals surface area contributed by atoms with Gasteiger partial charge in [-0.05, 0) is 24.6 Å². The number of carbonyl (C=O) groups excluding carboxylic acids is 1. The third kappa shape index (κ3) is 4.00. The highest BCUT2D eigenvalue weighted by atomic mass is 16.5. The molecule has 4 rings (SSSR count). The Balaban J connectivity index is 1.96. The van der Waals surface area contributed by atoms with E-state index in [1.54, 1.807) is 6.92 Å². The summed E-state index contributed by atoms with van der Waals surface area (Å²) in [6.07, 6.45) is 0. The minimum atomic E-state index is -1.19. The summed E-state index contributed by atoms with van der Waals surface area (Å²) in [6.45, 7) is 1.81. The lowest BCUT2D eigenvalue weighted by molar-refractivity contribution is -0.144. The van der Waals surface area contributed by atoms with Crippen LogP contribution in [-0.4, -0.2) is 51.0 Å². The van der Waals surface area contributed by atoms with Crippen molar-refractivity contribution in [3.8, 4) is 0 Å². The number of rotatable bonds is 8. The van der Waals surface area contributed by atoms with Crippen LogP contribution in [-0.2, 0) is 16.1 Å². The van der Waals surface area contributed by atoms with Crippen molar-refractivity contribution in [2.45, 2.75) is 19.5 Å². The largest absolute Gasteiger partial charge is 0.477 e. The van der Waals surface area contributed by atoms with Gasteiger partial charge in [0.2, 0.25) is 0 Å². The molecule has 3 N–H and O–H groups in total. The van der Waals surface area contributed by atoms with E-state index in [0.717, 1.165) is 16.5 Å². The number of pyridine rings is 1. The number of carboxylic acids is 1. The van der Waals surface area contributed by atoms with E-state index < -0.39 is 24.6 Å². The number of anilines is 1. The van der Waals surface area contributed by atoms with Crippen molar-refractivity contribution in [2.75, 3.05) is 18.5 Å². The SMILES string of the molecule is CCOC(=O)[C@H](CO)Nc1nc(C(=O)O)cc2c3ccccc3n(Cc3ccccc3)c12. The molecular formula is C24H23N3O5. The summed E-state index contributed by atoms with van der Waals surface area (Å²) in [6, 6.07) is 18.0. The van der Waals surface area contributed by atoms with Crippen molar-refractivity contribution >= 4 is 39.6 Å². The van der Waals surface area contributed by atoms with Gasteiger partial charge in [-0.3, -0.25) is 0 Å². The Morgan fingerprint density at radius 3 is 2.50 bits per heavy atom. The lowest BCUT2D eigenvalue weighted by Crippen LogP contribution is -2.35. The molecule has 0 spiro atoms. The number of hydrogen-bond donors (Lipinski definition) is 3. The fourth-order valence-electron chi connectivity index (χ4n) is 3.80. The first-order valence-electron chi connectivity index (χ1n) is 10.3. The first-order valence-corrected chi connectivity index (χ1v) is 10.3. The van der Waals surface area contributed by atoms with E-state index >= 15 is 0 Å². The molecule has 0 aliphatic heterocycles. The van der Waals surface area contributed by atoms with Crippen molar-refractivity contribution < 1.29 is 24.5 Å². The number of benzene rings is 2. The number of ether oxygens (including phenoxy) is 1. The van der Waals surface area contributed by atoms with Crippen LogP contribution in [0.2, 0.25) is 0 Å². The Morgan fingerprint density at radius 2 is 1.81 bits per heavy atom. The Bertz CT molecular complexity index is 1280. The van der Waals surface area contributed by atoms with E-state index in [1.807, 2.05) is 59.2 Å². The van der Waals surface area contributed by atoms with Gasteiger partial charge in [-0.1, -0.05) is 48.5 Å². The fourth-order valence-corrected chi connectivity index (χ4v) is 3.80. The molecule has 0 unspecified atom stereocenters. The molecule has 32 heavy (non-hydrogen) atoms.